The number of carbonyl (C=O) groups is 1. The Bertz CT molecular complexity index is 474. The van der Waals surface area contributed by atoms with Crippen LogP contribution in [0.2, 0.25) is 5.02 Å². The van der Waals surface area contributed by atoms with Crippen molar-refractivity contribution in [3.05, 3.63) is 28.8 Å². The molecule has 0 saturated heterocycles. The molecular weight excluding hydrogens is 260 g/mol. The molecule has 0 saturated carbocycles. The first kappa shape index (κ1) is 15.5. The largest absolute Gasteiger partial charge is 0.325 e. The van der Waals surface area contributed by atoms with Crippen molar-refractivity contribution in [2.45, 2.75) is 39.5 Å². The molecule has 0 spiro atoms. The summed E-state index contributed by atoms with van der Waals surface area (Å²) in [6.45, 7) is 4.13. The van der Waals surface area contributed by atoms with Crippen molar-refractivity contribution in [2.24, 2.45) is 5.92 Å². The maximum Gasteiger partial charge on any atom is 0.227 e. The fourth-order valence-corrected chi connectivity index (χ4v) is 2.23. The summed E-state index contributed by atoms with van der Waals surface area (Å²) >= 11 is 5.90. The highest BCUT2D eigenvalue weighted by atomic mass is 35.5. The standard InChI is InChI=1S/C15H19ClN2O/c1-3-5-11(6-4-2)15(19)18-14-9-13(16)8-7-12(14)10-17/h7-9,11H,3-6H2,1-2H3,(H,18,19). The minimum absolute atomic E-state index is 0.000486. The van der Waals surface area contributed by atoms with Gasteiger partial charge in [0, 0.05) is 10.9 Å². The molecule has 0 fully saturated rings. The monoisotopic (exact) mass is 278 g/mol. The Balaban J connectivity index is 2.85. The molecule has 0 aliphatic heterocycles. The fraction of sp³-hybridized carbons (Fsp3) is 0.467. The SMILES string of the molecule is CCCC(CCC)C(=O)Nc1cc(Cl)ccc1C#N. The number of amides is 1. The number of nitrogens with zero attached hydrogens (tertiary/aromatic N) is 1. The molecule has 19 heavy (non-hydrogen) atoms. The predicted molar refractivity (Wildman–Crippen MR) is 78.1 cm³/mol. The minimum atomic E-state index is -0.0255. The van der Waals surface area contributed by atoms with Gasteiger partial charge in [-0.15, -0.1) is 0 Å². The van der Waals surface area contributed by atoms with E-state index in [1.807, 2.05) is 0 Å². The topological polar surface area (TPSA) is 52.9 Å². The zero-order valence-corrected chi connectivity index (χ0v) is 12.1. The Morgan fingerprint density at radius 1 is 1.37 bits per heavy atom. The van der Waals surface area contributed by atoms with Gasteiger partial charge in [-0.3, -0.25) is 4.79 Å². The zero-order chi connectivity index (χ0) is 14.3. The van der Waals surface area contributed by atoms with E-state index in [0.717, 1.165) is 25.7 Å². The van der Waals surface area contributed by atoms with Gasteiger partial charge in [-0.1, -0.05) is 38.3 Å². The maximum atomic E-state index is 12.2. The van der Waals surface area contributed by atoms with Crippen LogP contribution in [-0.2, 0) is 4.79 Å². The first-order valence-electron chi connectivity index (χ1n) is 6.62. The van der Waals surface area contributed by atoms with Crippen molar-refractivity contribution in [3.8, 4) is 6.07 Å². The molecule has 1 amide bonds. The fourth-order valence-electron chi connectivity index (χ4n) is 2.06. The van der Waals surface area contributed by atoms with E-state index in [4.69, 9.17) is 16.9 Å². The summed E-state index contributed by atoms with van der Waals surface area (Å²) in [4.78, 5) is 12.2. The lowest BCUT2D eigenvalue weighted by molar-refractivity contribution is -0.120. The van der Waals surface area contributed by atoms with Gasteiger partial charge in [-0.25, -0.2) is 0 Å². The van der Waals surface area contributed by atoms with Gasteiger partial charge >= 0.3 is 0 Å². The summed E-state index contributed by atoms with van der Waals surface area (Å²) < 4.78 is 0. The average molecular weight is 279 g/mol. The molecule has 0 radical (unpaired) electrons. The van der Waals surface area contributed by atoms with Gasteiger partial charge in [0.05, 0.1) is 11.3 Å². The molecule has 0 aliphatic carbocycles. The van der Waals surface area contributed by atoms with Crippen LogP contribution in [0.4, 0.5) is 5.69 Å². The van der Waals surface area contributed by atoms with Crippen LogP contribution in [0, 0.1) is 17.2 Å². The van der Waals surface area contributed by atoms with Crippen molar-refractivity contribution in [3.63, 3.8) is 0 Å². The van der Waals surface area contributed by atoms with Crippen molar-refractivity contribution in [2.75, 3.05) is 5.32 Å². The Kier molecular flexibility index (Phi) is 6.38. The van der Waals surface area contributed by atoms with Gasteiger partial charge < -0.3 is 5.32 Å². The van der Waals surface area contributed by atoms with E-state index in [2.05, 4.69) is 25.2 Å². The number of nitriles is 1. The van der Waals surface area contributed by atoms with Gasteiger partial charge in [0.25, 0.3) is 0 Å². The lowest BCUT2D eigenvalue weighted by Crippen LogP contribution is -2.23. The van der Waals surface area contributed by atoms with Gasteiger partial charge in [0.1, 0.15) is 6.07 Å². The second-order valence-corrected chi connectivity index (χ2v) is 5.00. The lowest BCUT2D eigenvalue weighted by atomic mass is 9.97. The summed E-state index contributed by atoms with van der Waals surface area (Å²) in [7, 11) is 0. The highest BCUT2D eigenvalue weighted by Gasteiger charge is 2.17. The third-order valence-corrected chi connectivity index (χ3v) is 3.24. The molecule has 1 N–H and O–H groups in total. The normalized spacial score (nSPS) is 10.3. The van der Waals surface area contributed by atoms with Crippen LogP contribution in [0.3, 0.4) is 0 Å². The van der Waals surface area contributed by atoms with E-state index in [9.17, 15) is 4.79 Å². The molecule has 1 rings (SSSR count). The van der Waals surface area contributed by atoms with Crippen LogP contribution in [-0.4, -0.2) is 5.91 Å². The van der Waals surface area contributed by atoms with Crippen molar-refractivity contribution >= 4 is 23.2 Å². The van der Waals surface area contributed by atoms with Crippen LogP contribution in [0.25, 0.3) is 0 Å². The highest BCUT2D eigenvalue weighted by molar-refractivity contribution is 6.31. The minimum Gasteiger partial charge on any atom is -0.325 e. The van der Waals surface area contributed by atoms with Gasteiger partial charge in [-0.2, -0.15) is 5.26 Å². The van der Waals surface area contributed by atoms with Crippen LogP contribution < -0.4 is 5.32 Å². The molecule has 4 heteroatoms. The van der Waals surface area contributed by atoms with Gasteiger partial charge in [-0.05, 0) is 31.0 Å². The third-order valence-electron chi connectivity index (χ3n) is 3.00. The zero-order valence-electron chi connectivity index (χ0n) is 11.4. The van der Waals surface area contributed by atoms with E-state index in [0.29, 0.717) is 16.3 Å². The molecule has 1 aromatic rings. The number of hydrogen-bond donors (Lipinski definition) is 1. The molecule has 0 unspecified atom stereocenters. The van der Waals surface area contributed by atoms with Gasteiger partial charge in [0.15, 0.2) is 0 Å². The Labute approximate surface area is 119 Å². The summed E-state index contributed by atoms with van der Waals surface area (Å²) in [5, 5.41) is 12.4. The van der Waals surface area contributed by atoms with Crippen molar-refractivity contribution in [1.29, 1.82) is 5.26 Å². The second kappa shape index (κ2) is 7.81. The first-order valence-corrected chi connectivity index (χ1v) is 7.00. The number of halogens is 1. The molecule has 0 heterocycles. The second-order valence-electron chi connectivity index (χ2n) is 4.57. The summed E-state index contributed by atoms with van der Waals surface area (Å²) in [6, 6.07) is 6.94. The molecule has 3 nitrogen and oxygen atoms in total. The molecule has 102 valence electrons. The summed E-state index contributed by atoms with van der Waals surface area (Å²) in [5.41, 5.74) is 0.932. The number of anilines is 1. The van der Waals surface area contributed by atoms with E-state index >= 15 is 0 Å². The van der Waals surface area contributed by atoms with Crippen molar-refractivity contribution < 1.29 is 4.79 Å². The lowest BCUT2D eigenvalue weighted by Gasteiger charge is -2.16. The molecule has 0 atom stereocenters. The number of carbonyl (C=O) groups excluding carboxylic acids is 1. The van der Waals surface area contributed by atoms with E-state index < -0.39 is 0 Å². The van der Waals surface area contributed by atoms with Crippen LogP contribution >= 0.6 is 11.6 Å². The van der Waals surface area contributed by atoms with Crippen LogP contribution in [0.1, 0.15) is 45.1 Å². The van der Waals surface area contributed by atoms with Crippen LogP contribution in [0.5, 0.6) is 0 Å². The predicted octanol–water partition coefficient (Wildman–Crippen LogP) is 4.37. The number of hydrogen-bond acceptors (Lipinski definition) is 2. The van der Waals surface area contributed by atoms with Crippen molar-refractivity contribution in [1.82, 2.24) is 0 Å². The third kappa shape index (κ3) is 4.57. The number of nitrogens with one attached hydrogen (secondary N) is 1. The van der Waals surface area contributed by atoms with E-state index in [1.54, 1.807) is 18.2 Å². The van der Waals surface area contributed by atoms with E-state index in [1.165, 1.54) is 0 Å². The van der Waals surface area contributed by atoms with E-state index in [-0.39, 0.29) is 11.8 Å². The number of rotatable bonds is 6. The smallest absolute Gasteiger partial charge is 0.227 e. The van der Waals surface area contributed by atoms with Gasteiger partial charge in [0.2, 0.25) is 5.91 Å². The Hall–Kier alpha value is -1.53. The maximum absolute atomic E-state index is 12.2. The first-order chi connectivity index (χ1) is 9.12. The average Bonchev–Trinajstić information content (AvgIpc) is 2.38. The summed E-state index contributed by atoms with van der Waals surface area (Å²) in [5.74, 6) is -0.0250. The summed E-state index contributed by atoms with van der Waals surface area (Å²) in [6.07, 6.45) is 3.67. The Morgan fingerprint density at radius 2 is 2.00 bits per heavy atom. The molecule has 1 aromatic carbocycles. The molecule has 0 bridgehead atoms. The van der Waals surface area contributed by atoms with Crippen LogP contribution in [0.15, 0.2) is 18.2 Å². The number of benzene rings is 1. The highest BCUT2D eigenvalue weighted by Crippen LogP contribution is 2.22. The molecule has 0 aromatic heterocycles. The molecule has 0 aliphatic rings. The Morgan fingerprint density at radius 3 is 2.53 bits per heavy atom. The molecular formula is C15H19ClN2O. The quantitative estimate of drug-likeness (QED) is 0.840.